The van der Waals surface area contributed by atoms with Gasteiger partial charge in [-0.1, -0.05) is 6.58 Å². The summed E-state index contributed by atoms with van der Waals surface area (Å²) in [6.45, 7) is 4.09. The fraction of sp³-hybridized carbons (Fsp3) is 0.789. The van der Waals surface area contributed by atoms with Gasteiger partial charge >= 0.3 is 24.3 Å². The quantitative estimate of drug-likeness (QED) is 0.351. The second-order valence-electron chi connectivity index (χ2n) is 8.55. The van der Waals surface area contributed by atoms with Crippen molar-refractivity contribution in [3.8, 4) is 0 Å². The minimum atomic E-state index is -5.77. The van der Waals surface area contributed by atoms with Crippen molar-refractivity contribution < 1.29 is 50.1 Å². The Labute approximate surface area is 168 Å². The largest absolute Gasteiger partial charge is 0.456 e. The molecule has 5 nitrogen and oxygen atoms in total. The van der Waals surface area contributed by atoms with E-state index >= 15 is 0 Å². The summed E-state index contributed by atoms with van der Waals surface area (Å²) in [7, 11) is 0. The molecule has 0 aliphatic heterocycles. The molecule has 0 aromatic rings. The van der Waals surface area contributed by atoms with E-state index in [0.29, 0.717) is 19.3 Å². The first-order valence-corrected chi connectivity index (χ1v) is 9.53. The number of esters is 2. The first-order valence-electron chi connectivity index (χ1n) is 9.53. The molecule has 4 aliphatic carbocycles. The molecule has 2 atom stereocenters. The average molecular weight is 444 g/mol. The van der Waals surface area contributed by atoms with Crippen LogP contribution < -0.4 is 0 Å². The Bertz CT molecular complexity index is 685. The van der Waals surface area contributed by atoms with E-state index in [1.807, 2.05) is 0 Å². The van der Waals surface area contributed by atoms with E-state index < -0.39 is 48.7 Å². The molecule has 0 radical (unpaired) electrons. The van der Waals surface area contributed by atoms with E-state index in [2.05, 4.69) is 11.3 Å². The third-order valence-corrected chi connectivity index (χ3v) is 6.03. The summed E-state index contributed by atoms with van der Waals surface area (Å²) in [6, 6.07) is 0. The second-order valence-corrected chi connectivity index (χ2v) is 8.55. The van der Waals surface area contributed by atoms with Gasteiger partial charge in [0.1, 0.15) is 12.2 Å². The zero-order valence-electron chi connectivity index (χ0n) is 16.1. The Kier molecular flexibility index (Phi) is 5.90. The van der Waals surface area contributed by atoms with E-state index in [1.54, 1.807) is 0 Å². The molecular formula is C19H22F6O5. The summed E-state index contributed by atoms with van der Waals surface area (Å²) < 4.78 is 89.9. The lowest BCUT2D eigenvalue weighted by molar-refractivity contribution is -0.314. The molecule has 0 spiro atoms. The van der Waals surface area contributed by atoms with Crippen molar-refractivity contribution in [2.75, 3.05) is 6.61 Å². The summed E-state index contributed by atoms with van der Waals surface area (Å²) in [5, 5.41) is 0. The van der Waals surface area contributed by atoms with Crippen LogP contribution in [0.4, 0.5) is 26.3 Å². The van der Waals surface area contributed by atoms with Gasteiger partial charge in [0.05, 0.1) is 6.10 Å². The van der Waals surface area contributed by atoms with E-state index in [4.69, 9.17) is 9.47 Å². The lowest BCUT2D eigenvalue weighted by Gasteiger charge is -2.58. The van der Waals surface area contributed by atoms with Crippen LogP contribution in [0.1, 0.15) is 39.0 Å². The van der Waals surface area contributed by atoms with Crippen LogP contribution in [0.2, 0.25) is 0 Å². The predicted octanol–water partition coefficient (Wildman–Crippen LogP) is 4.11. The van der Waals surface area contributed by atoms with Crippen molar-refractivity contribution >= 4 is 11.9 Å². The number of alkyl halides is 6. The molecule has 0 N–H and O–H groups in total. The number of carbonyl (C=O) groups is 2. The summed E-state index contributed by atoms with van der Waals surface area (Å²) >= 11 is 0. The smallest absolute Gasteiger partial charge is 0.434 e. The van der Waals surface area contributed by atoms with Crippen LogP contribution in [0.5, 0.6) is 0 Å². The maximum atomic E-state index is 12.5. The Balaban J connectivity index is 1.60. The molecule has 0 aromatic heterocycles. The molecule has 4 saturated carbocycles. The highest BCUT2D eigenvalue weighted by atomic mass is 19.4. The zero-order valence-corrected chi connectivity index (χ0v) is 16.1. The molecule has 0 saturated heterocycles. The Morgan fingerprint density at radius 3 is 2.03 bits per heavy atom. The van der Waals surface area contributed by atoms with Gasteiger partial charge in [0.25, 0.3) is 6.10 Å². The number of ether oxygens (including phenoxy) is 3. The number of hydrogen-bond acceptors (Lipinski definition) is 5. The molecule has 30 heavy (non-hydrogen) atoms. The van der Waals surface area contributed by atoms with Crippen molar-refractivity contribution in [2.24, 2.45) is 17.8 Å². The van der Waals surface area contributed by atoms with Crippen LogP contribution in [0.15, 0.2) is 12.2 Å². The van der Waals surface area contributed by atoms with Crippen LogP contribution in [-0.2, 0) is 23.8 Å². The van der Waals surface area contributed by atoms with Crippen molar-refractivity contribution in [1.29, 1.82) is 0 Å². The van der Waals surface area contributed by atoms with Gasteiger partial charge in [-0.25, -0.2) is 9.59 Å². The van der Waals surface area contributed by atoms with Crippen LogP contribution in [0.25, 0.3) is 0 Å². The maximum absolute atomic E-state index is 12.5. The molecule has 0 heterocycles. The highest BCUT2D eigenvalue weighted by molar-refractivity contribution is 5.87. The molecule has 170 valence electrons. The minimum Gasteiger partial charge on any atom is -0.456 e. The van der Waals surface area contributed by atoms with E-state index in [1.165, 1.54) is 6.92 Å². The third-order valence-electron chi connectivity index (χ3n) is 6.03. The fourth-order valence-corrected chi connectivity index (χ4v) is 5.23. The number of hydrogen-bond donors (Lipinski definition) is 0. The molecule has 0 aromatic carbocycles. The minimum absolute atomic E-state index is 0.108. The summed E-state index contributed by atoms with van der Waals surface area (Å²) in [4.78, 5) is 23.6. The van der Waals surface area contributed by atoms with Gasteiger partial charge in [-0.05, 0) is 56.8 Å². The molecule has 4 rings (SSSR count). The highest BCUT2D eigenvalue weighted by Gasteiger charge is 2.60. The van der Waals surface area contributed by atoms with E-state index in [-0.39, 0.29) is 23.3 Å². The molecule has 4 bridgehead atoms. The predicted molar refractivity (Wildman–Crippen MR) is 88.9 cm³/mol. The van der Waals surface area contributed by atoms with Crippen molar-refractivity contribution in [1.82, 2.24) is 0 Å². The van der Waals surface area contributed by atoms with Gasteiger partial charge in [-0.2, -0.15) is 26.3 Å². The Morgan fingerprint density at radius 1 is 1.03 bits per heavy atom. The molecule has 11 heteroatoms. The van der Waals surface area contributed by atoms with Crippen LogP contribution in [-0.4, -0.2) is 48.7 Å². The second kappa shape index (κ2) is 7.72. The average Bonchev–Trinajstić information content (AvgIpc) is 2.56. The Morgan fingerprint density at radius 2 is 1.57 bits per heavy atom. The highest BCUT2D eigenvalue weighted by Crippen LogP contribution is 2.58. The SMILES string of the molecule is C=C(C)C(=O)OC12CC3CC(C1)C(OCC(=O)OC(C(F)(F)F)C(F)(F)F)C(C3)C2. The molecule has 2 unspecified atom stereocenters. The molecular weight excluding hydrogens is 422 g/mol. The first-order chi connectivity index (χ1) is 13.7. The molecule has 4 fully saturated rings. The molecule has 0 amide bonds. The van der Waals surface area contributed by atoms with Crippen LogP contribution in [0.3, 0.4) is 0 Å². The lowest BCUT2D eigenvalue weighted by Crippen LogP contribution is -2.59. The van der Waals surface area contributed by atoms with E-state index in [0.717, 1.165) is 12.8 Å². The summed E-state index contributed by atoms with van der Waals surface area (Å²) in [5.41, 5.74) is -0.393. The van der Waals surface area contributed by atoms with E-state index in [9.17, 15) is 35.9 Å². The van der Waals surface area contributed by atoms with Crippen LogP contribution >= 0.6 is 0 Å². The van der Waals surface area contributed by atoms with Gasteiger partial charge in [-0.3, -0.25) is 0 Å². The van der Waals surface area contributed by atoms with Gasteiger partial charge in [0, 0.05) is 5.57 Å². The standard InChI is InChI=1S/C19H22F6O5/c1-9(2)15(27)30-17-5-10-3-11(6-17)14(12(4-10)7-17)28-8-13(26)29-16(18(20,21)22)19(23,24)25/h10-12,14,16H,1,3-8H2,2H3. The van der Waals surface area contributed by atoms with Crippen molar-refractivity contribution in [3.05, 3.63) is 12.2 Å². The first kappa shape index (κ1) is 22.9. The molecule has 4 aliphatic rings. The topological polar surface area (TPSA) is 61.8 Å². The maximum Gasteiger partial charge on any atom is 0.434 e. The van der Waals surface area contributed by atoms with Crippen molar-refractivity contribution in [3.63, 3.8) is 0 Å². The van der Waals surface area contributed by atoms with Crippen LogP contribution in [0, 0.1) is 17.8 Å². The number of carbonyl (C=O) groups excluding carboxylic acids is 2. The lowest BCUT2D eigenvalue weighted by atomic mass is 9.53. The van der Waals surface area contributed by atoms with Gasteiger partial charge in [-0.15, -0.1) is 0 Å². The Hall–Kier alpha value is -1.78. The fourth-order valence-electron chi connectivity index (χ4n) is 5.23. The normalized spacial score (nSPS) is 32.9. The number of halogens is 6. The monoisotopic (exact) mass is 444 g/mol. The number of rotatable bonds is 6. The van der Waals surface area contributed by atoms with Gasteiger partial charge in [0.2, 0.25) is 0 Å². The summed E-state index contributed by atoms with van der Waals surface area (Å²) in [6.07, 6.45) is -13.1. The third kappa shape index (κ3) is 4.76. The summed E-state index contributed by atoms with van der Waals surface area (Å²) in [5.74, 6) is -2.16. The van der Waals surface area contributed by atoms with Gasteiger partial charge < -0.3 is 14.2 Å². The van der Waals surface area contributed by atoms with Gasteiger partial charge in [0.15, 0.2) is 0 Å². The van der Waals surface area contributed by atoms with Crippen molar-refractivity contribution in [2.45, 2.75) is 69.2 Å². The zero-order chi connectivity index (χ0) is 22.5.